The first-order chi connectivity index (χ1) is 3.98. The molecule has 0 atom stereocenters. The fraction of sp³-hybridized carbons (Fsp3) is 0.750. The Bertz CT molecular complexity index is 213. The maximum absolute atomic E-state index is 10.5. The van der Waals surface area contributed by atoms with Gasteiger partial charge in [-0.1, -0.05) is 0 Å². The molecule has 0 aliphatic carbocycles. The van der Waals surface area contributed by atoms with E-state index in [0.29, 0.717) is 0 Å². The standard InChI is InChI=1S/C4H8N2O2S/c1-6(4-3-5)9(2,7)8/h4H2,1-2H3. The van der Waals surface area contributed by atoms with Gasteiger partial charge in [0.2, 0.25) is 10.0 Å². The van der Waals surface area contributed by atoms with Crippen LogP contribution in [0.3, 0.4) is 0 Å². The van der Waals surface area contributed by atoms with Crippen molar-refractivity contribution in [3.63, 3.8) is 0 Å². The van der Waals surface area contributed by atoms with Crippen LogP contribution in [0.1, 0.15) is 0 Å². The molecule has 0 radical (unpaired) electrons. The molecular formula is C4H8N2O2S. The van der Waals surface area contributed by atoms with E-state index in [0.717, 1.165) is 10.6 Å². The maximum Gasteiger partial charge on any atom is 0.211 e. The van der Waals surface area contributed by atoms with Crippen LogP contribution in [0.2, 0.25) is 0 Å². The molecule has 5 heteroatoms. The van der Waals surface area contributed by atoms with E-state index in [4.69, 9.17) is 5.26 Å². The number of hydrogen-bond acceptors (Lipinski definition) is 3. The fourth-order valence-electron chi connectivity index (χ4n) is 0.217. The van der Waals surface area contributed by atoms with Crippen LogP contribution in [0.5, 0.6) is 0 Å². The van der Waals surface area contributed by atoms with Crippen molar-refractivity contribution in [2.75, 3.05) is 19.8 Å². The van der Waals surface area contributed by atoms with Gasteiger partial charge in [-0.05, 0) is 0 Å². The van der Waals surface area contributed by atoms with Crippen LogP contribution in [0.4, 0.5) is 0 Å². The van der Waals surface area contributed by atoms with Gasteiger partial charge in [-0.15, -0.1) is 0 Å². The van der Waals surface area contributed by atoms with Gasteiger partial charge in [0.15, 0.2) is 0 Å². The Balaban J connectivity index is 4.10. The number of nitriles is 1. The molecule has 0 spiro atoms. The van der Waals surface area contributed by atoms with Crippen molar-refractivity contribution >= 4 is 10.0 Å². The van der Waals surface area contributed by atoms with Crippen LogP contribution < -0.4 is 0 Å². The van der Waals surface area contributed by atoms with Crippen molar-refractivity contribution in [1.82, 2.24) is 4.31 Å². The Kier molecular flexibility index (Phi) is 2.62. The summed E-state index contributed by atoms with van der Waals surface area (Å²) in [6.07, 6.45) is 1.06. The first-order valence-corrected chi connectivity index (χ1v) is 4.11. The van der Waals surface area contributed by atoms with Gasteiger partial charge < -0.3 is 0 Å². The lowest BCUT2D eigenvalue weighted by molar-refractivity contribution is 0.508. The average Bonchev–Trinajstić information content (AvgIpc) is 1.64. The molecular weight excluding hydrogens is 140 g/mol. The minimum absolute atomic E-state index is 0.0845. The van der Waals surface area contributed by atoms with E-state index in [1.165, 1.54) is 7.05 Å². The van der Waals surface area contributed by atoms with E-state index in [9.17, 15) is 8.42 Å². The van der Waals surface area contributed by atoms with Crippen LogP contribution in [-0.2, 0) is 10.0 Å². The van der Waals surface area contributed by atoms with Crippen molar-refractivity contribution in [3.8, 4) is 6.07 Å². The summed E-state index contributed by atoms with van der Waals surface area (Å²) in [6, 6.07) is 1.72. The summed E-state index contributed by atoms with van der Waals surface area (Å²) in [7, 11) is -1.79. The molecule has 0 saturated carbocycles. The second kappa shape index (κ2) is 2.80. The highest BCUT2D eigenvalue weighted by molar-refractivity contribution is 7.88. The van der Waals surface area contributed by atoms with E-state index < -0.39 is 10.0 Å². The first-order valence-electron chi connectivity index (χ1n) is 2.26. The number of hydrogen-bond donors (Lipinski definition) is 0. The molecule has 9 heavy (non-hydrogen) atoms. The summed E-state index contributed by atoms with van der Waals surface area (Å²) >= 11 is 0. The van der Waals surface area contributed by atoms with Crippen molar-refractivity contribution in [3.05, 3.63) is 0 Å². The van der Waals surface area contributed by atoms with Crippen LogP contribution in [-0.4, -0.2) is 32.6 Å². The van der Waals surface area contributed by atoms with Gasteiger partial charge in [-0.25, -0.2) is 8.42 Å². The van der Waals surface area contributed by atoms with Crippen LogP contribution in [0, 0.1) is 11.3 Å². The molecule has 0 aliphatic heterocycles. The molecule has 0 saturated heterocycles. The molecule has 0 bridgehead atoms. The summed E-state index contributed by atoms with van der Waals surface area (Å²) in [4.78, 5) is 0. The average molecular weight is 148 g/mol. The summed E-state index contributed by atoms with van der Waals surface area (Å²) in [5.41, 5.74) is 0. The molecule has 0 N–H and O–H groups in total. The summed E-state index contributed by atoms with van der Waals surface area (Å²) in [5, 5.41) is 8.04. The Morgan fingerprint density at radius 3 is 2.22 bits per heavy atom. The van der Waals surface area contributed by atoms with Crippen molar-refractivity contribution in [2.45, 2.75) is 0 Å². The highest BCUT2D eigenvalue weighted by Gasteiger charge is 2.08. The monoisotopic (exact) mass is 148 g/mol. The van der Waals surface area contributed by atoms with Gasteiger partial charge in [0.05, 0.1) is 12.3 Å². The second-order valence-corrected chi connectivity index (χ2v) is 3.77. The van der Waals surface area contributed by atoms with Gasteiger partial charge in [0.25, 0.3) is 0 Å². The Morgan fingerprint density at radius 2 is 2.11 bits per heavy atom. The minimum Gasteiger partial charge on any atom is -0.212 e. The quantitative estimate of drug-likeness (QED) is 0.491. The van der Waals surface area contributed by atoms with E-state index in [1.807, 2.05) is 0 Å². The molecule has 0 rings (SSSR count). The van der Waals surface area contributed by atoms with Crippen molar-refractivity contribution in [2.24, 2.45) is 0 Å². The van der Waals surface area contributed by atoms with Gasteiger partial charge in [0, 0.05) is 7.05 Å². The third-order valence-electron chi connectivity index (χ3n) is 0.860. The molecule has 0 aromatic rings. The molecule has 0 amide bonds. The van der Waals surface area contributed by atoms with Crippen LogP contribution >= 0.6 is 0 Å². The lowest BCUT2D eigenvalue weighted by Gasteiger charge is -2.07. The van der Waals surface area contributed by atoms with E-state index in [2.05, 4.69) is 0 Å². The lowest BCUT2D eigenvalue weighted by Crippen LogP contribution is -2.25. The molecule has 4 nitrogen and oxygen atoms in total. The predicted octanol–water partition coefficient (Wildman–Crippen LogP) is -0.599. The first kappa shape index (κ1) is 8.40. The molecule has 0 heterocycles. The molecule has 52 valence electrons. The zero-order chi connectivity index (χ0) is 7.49. The highest BCUT2D eigenvalue weighted by Crippen LogP contribution is 1.88. The summed E-state index contributed by atoms with van der Waals surface area (Å²) in [6.45, 7) is -0.0845. The molecule has 0 aliphatic rings. The van der Waals surface area contributed by atoms with Crippen molar-refractivity contribution < 1.29 is 8.42 Å². The van der Waals surface area contributed by atoms with Gasteiger partial charge in [-0.3, -0.25) is 0 Å². The van der Waals surface area contributed by atoms with Gasteiger partial charge in [-0.2, -0.15) is 9.57 Å². The van der Waals surface area contributed by atoms with E-state index in [-0.39, 0.29) is 6.54 Å². The van der Waals surface area contributed by atoms with Crippen LogP contribution in [0.15, 0.2) is 0 Å². The molecule has 0 fully saturated rings. The smallest absolute Gasteiger partial charge is 0.211 e. The fourth-order valence-corrected chi connectivity index (χ4v) is 0.509. The van der Waals surface area contributed by atoms with Crippen molar-refractivity contribution in [1.29, 1.82) is 5.26 Å². The molecule has 0 aromatic heterocycles. The van der Waals surface area contributed by atoms with E-state index >= 15 is 0 Å². The normalized spacial score (nSPS) is 11.3. The Labute approximate surface area is 54.7 Å². The SMILES string of the molecule is CN(CC#N)S(C)(=O)=O. The number of sulfonamides is 1. The summed E-state index contributed by atoms with van der Waals surface area (Å²) in [5.74, 6) is 0. The van der Waals surface area contributed by atoms with E-state index in [1.54, 1.807) is 6.07 Å². The third kappa shape index (κ3) is 3.06. The largest absolute Gasteiger partial charge is 0.212 e. The molecule has 0 unspecified atom stereocenters. The predicted molar refractivity (Wildman–Crippen MR) is 33.1 cm³/mol. The second-order valence-electron chi connectivity index (χ2n) is 1.68. The zero-order valence-electron chi connectivity index (χ0n) is 5.33. The van der Waals surface area contributed by atoms with Crippen LogP contribution in [0.25, 0.3) is 0 Å². The number of nitrogens with zero attached hydrogens (tertiary/aromatic N) is 2. The minimum atomic E-state index is -3.15. The topological polar surface area (TPSA) is 61.2 Å². The number of rotatable bonds is 2. The maximum atomic E-state index is 10.5. The third-order valence-corrected chi connectivity index (χ3v) is 2.12. The Morgan fingerprint density at radius 1 is 1.67 bits per heavy atom. The highest BCUT2D eigenvalue weighted by atomic mass is 32.2. The lowest BCUT2D eigenvalue weighted by atomic mass is 10.7. The van der Waals surface area contributed by atoms with Gasteiger partial charge >= 0.3 is 0 Å². The zero-order valence-corrected chi connectivity index (χ0v) is 6.14. The Hall–Kier alpha value is -0.600. The van der Waals surface area contributed by atoms with Gasteiger partial charge in [0.1, 0.15) is 6.54 Å². The molecule has 0 aromatic carbocycles. The summed E-state index contributed by atoms with van der Waals surface area (Å²) < 4.78 is 22.0.